The standard InChI is InChI=1S/C29H32F3N5O4S/c1-17-16-35(10-11-36(17)20-8-9-33-25(14-20)40-4)28-34-21-12-18(2)42-27(21)23(15-26(38)41-5)37(28)22-13-19(29(30,31)32)6-7-24(22)39-3/h6-9,12-14,17,23H,10-11,15-16H2,1-5H3/t17-,23?/m1/s1. The van der Waals surface area contributed by atoms with Gasteiger partial charge in [0.05, 0.1) is 55.6 Å². The lowest BCUT2D eigenvalue weighted by Gasteiger charge is -2.47. The van der Waals surface area contributed by atoms with Crippen LogP contribution in [-0.2, 0) is 15.7 Å². The Kier molecular flexibility index (Phi) is 8.22. The normalized spacial score (nSPS) is 18.9. The molecule has 224 valence electrons. The highest BCUT2D eigenvalue weighted by molar-refractivity contribution is 7.12. The van der Waals surface area contributed by atoms with Crippen molar-refractivity contribution in [3.05, 3.63) is 57.9 Å². The van der Waals surface area contributed by atoms with Gasteiger partial charge in [-0.25, -0.2) is 9.98 Å². The molecule has 0 saturated carbocycles. The number of thiophene rings is 1. The number of hydrogen-bond donors (Lipinski definition) is 0. The number of methoxy groups -OCH3 is 3. The molecule has 1 saturated heterocycles. The van der Waals surface area contributed by atoms with Crippen LogP contribution in [0.1, 0.15) is 34.7 Å². The van der Waals surface area contributed by atoms with Gasteiger partial charge in [-0.2, -0.15) is 13.2 Å². The molecule has 9 nitrogen and oxygen atoms in total. The SMILES string of the molecule is COC(=O)CC1c2sc(C)cc2N=C(N2CCN(c3ccnc(OC)c3)[C@H](C)C2)N1c1cc(C(F)(F)F)ccc1OC. The summed E-state index contributed by atoms with van der Waals surface area (Å²) in [6, 6.07) is 8.43. The minimum atomic E-state index is -4.58. The van der Waals surface area contributed by atoms with Gasteiger partial charge in [0.2, 0.25) is 11.8 Å². The van der Waals surface area contributed by atoms with Gasteiger partial charge in [0.25, 0.3) is 0 Å². The first-order valence-corrected chi connectivity index (χ1v) is 14.2. The number of benzene rings is 1. The van der Waals surface area contributed by atoms with Gasteiger partial charge in [0.1, 0.15) is 5.75 Å². The van der Waals surface area contributed by atoms with Crippen molar-refractivity contribution in [3.8, 4) is 11.6 Å². The predicted molar refractivity (Wildman–Crippen MR) is 155 cm³/mol. The lowest BCUT2D eigenvalue weighted by Crippen LogP contribution is -2.58. The van der Waals surface area contributed by atoms with E-state index in [1.165, 1.54) is 31.6 Å². The number of anilines is 2. The second kappa shape index (κ2) is 11.7. The molecule has 0 N–H and O–H groups in total. The number of halogens is 3. The van der Waals surface area contributed by atoms with Crippen molar-refractivity contribution in [2.24, 2.45) is 4.99 Å². The number of carbonyl (C=O) groups excluding carboxylic acids is 1. The second-order valence-corrected chi connectivity index (χ2v) is 11.4. The molecular formula is C29H32F3N5O4S. The molecule has 0 amide bonds. The smallest absolute Gasteiger partial charge is 0.416 e. The molecule has 42 heavy (non-hydrogen) atoms. The van der Waals surface area contributed by atoms with Crippen LogP contribution in [-0.4, -0.2) is 68.8 Å². The summed E-state index contributed by atoms with van der Waals surface area (Å²) in [5, 5.41) is 0. The van der Waals surface area contributed by atoms with Crippen molar-refractivity contribution < 1.29 is 32.2 Å². The first-order chi connectivity index (χ1) is 20.0. The number of alkyl halides is 3. The number of rotatable bonds is 6. The summed E-state index contributed by atoms with van der Waals surface area (Å²) in [6.45, 7) is 5.66. The van der Waals surface area contributed by atoms with E-state index in [4.69, 9.17) is 19.2 Å². The molecule has 2 aliphatic rings. The van der Waals surface area contributed by atoms with Gasteiger partial charge in [0.15, 0.2) is 0 Å². The molecule has 2 aromatic heterocycles. The Hall–Kier alpha value is -4.00. The summed E-state index contributed by atoms with van der Waals surface area (Å²) in [5.74, 6) is 0.704. The molecule has 13 heteroatoms. The summed E-state index contributed by atoms with van der Waals surface area (Å²) in [5.41, 5.74) is 0.992. The zero-order valence-corrected chi connectivity index (χ0v) is 24.8. The Labute approximate surface area is 246 Å². The van der Waals surface area contributed by atoms with E-state index in [2.05, 4.69) is 21.7 Å². The van der Waals surface area contributed by atoms with Crippen LogP contribution >= 0.6 is 11.3 Å². The first-order valence-electron chi connectivity index (χ1n) is 13.4. The molecule has 3 aromatic rings. The number of piperazine rings is 1. The van der Waals surface area contributed by atoms with Crippen molar-refractivity contribution in [1.29, 1.82) is 0 Å². The molecule has 2 atom stereocenters. The molecule has 1 aromatic carbocycles. The fourth-order valence-electron chi connectivity index (χ4n) is 5.45. The Bertz CT molecular complexity index is 1490. The average Bonchev–Trinajstić information content (AvgIpc) is 3.36. The van der Waals surface area contributed by atoms with Crippen molar-refractivity contribution >= 4 is 40.3 Å². The first kappa shape index (κ1) is 29.5. The van der Waals surface area contributed by atoms with Crippen LogP contribution in [0.25, 0.3) is 0 Å². The molecule has 0 aliphatic carbocycles. The number of aliphatic imine (C=N–C) groups is 1. The number of esters is 1. The van der Waals surface area contributed by atoms with E-state index in [-0.39, 0.29) is 23.9 Å². The number of aromatic nitrogens is 1. The maximum Gasteiger partial charge on any atom is 0.416 e. The monoisotopic (exact) mass is 603 g/mol. The summed E-state index contributed by atoms with van der Waals surface area (Å²) >= 11 is 1.46. The fraction of sp³-hybridized carbons (Fsp3) is 0.414. The van der Waals surface area contributed by atoms with Gasteiger partial charge in [-0.1, -0.05) is 0 Å². The highest BCUT2D eigenvalue weighted by atomic mass is 32.1. The van der Waals surface area contributed by atoms with Crippen molar-refractivity contribution in [1.82, 2.24) is 9.88 Å². The molecule has 2 aliphatic heterocycles. The van der Waals surface area contributed by atoms with Crippen LogP contribution < -0.4 is 19.3 Å². The van der Waals surface area contributed by atoms with Crippen LogP contribution in [0.4, 0.5) is 30.2 Å². The Morgan fingerprint density at radius 1 is 1.10 bits per heavy atom. The van der Waals surface area contributed by atoms with Crippen LogP contribution in [0.5, 0.6) is 11.6 Å². The Morgan fingerprint density at radius 3 is 2.55 bits per heavy atom. The molecule has 0 bridgehead atoms. The second-order valence-electron chi connectivity index (χ2n) is 10.1. The molecule has 0 spiro atoms. The highest BCUT2D eigenvalue weighted by Gasteiger charge is 2.41. The van der Waals surface area contributed by atoms with E-state index in [0.717, 1.165) is 27.6 Å². The van der Waals surface area contributed by atoms with Crippen LogP contribution in [0.15, 0.2) is 47.6 Å². The fourth-order valence-corrected chi connectivity index (χ4v) is 6.51. The van der Waals surface area contributed by atoms with E-state index in [1.54, 1.807) is 18.2 Å². The van der Waals surface area contributed by atoms with Gasteiger partial charge in [-0.05, 0) is 44.2 Å². The molecule has 0 radical (unpaired) electrons. The van der Waals surface area contributed by atoms with Gasteiger partial charge < -0.3 is 24.0 Å². The van der Waals surface area contributed by atoms with Gasteiger partial charge in [-0.3, -0.25) is 9.69 Å². The van der Waals surface area contributed by atoms with Crippen LogP contribution in [0, 0.1) is 6.92 Å². The van der Waals surface area contributed by atoms with Gasteiger partial charge >= 0.3 is 12.1 Å². The number of hydrogen-bond acceptors (Lipinski definition) is 10. The number of guanidine groups is 1. The van der Waals surface area contributed by atoms with Crippen LogP contribution in [0.3, 0.4) is 0 Å². The summed E-state index contributed by atoms with van der Waals surface area (Å²) in [4.78, 5) is 29.6. The zero-order valence-electron chi connectivity index (χ0n) is 23.9. The van der Waals surface area contributed by atoms with Crippen molar-refractivity contribution in [2.45, 2.75) is 38.5 Å². The zero-order chi connectivity index (χ0) is 30.2. The lowest BCUT2D eigenvalue weighted by atomic mass is 10.0. The number of pyridine rings is 1. The molecular weight excluding hydrogens is 571 g/mol. The van der Waals surface area contributed by atoms with Gasteiger partial charge in [-0.15, -0.1) is 11.3 Å². The average molecular weight is 604 g/mol. The van der Waals surface area contributed by atoms with Crippen molar-refractivity contribution in [3.63, 3.8) is 0 Å². The third-order valence-corrected chi connectivity index (χ3v) is 8.58. The van der Waals surface area contributed by atoms with Crippen molar-refractivity contribution in [2.75, 3.05) is 50.8 Å². The van der Waals surface area contributed by atoms with E-state index in [0.29, 0.717) is 37.2 Å². The minimum Gasteiger partial charge on any atom is -0.495 e. The quantitative estimate of drug-likeness (QED) is 0.327. The molecule has 1 unspecified atom stereocenters. The van der Waals surface area contributed by atoms with E-state index in [9.17, 15) is 18.0 Å². The summed E-state index contributed by atoms with van der Waals surface area (Å²) in [7, 11) is 4.27. The number of carbonyl (C=O) groups is 1. The Balaban J connectivity index is 1.61. The van der Waals surface area contributed by atoms with E-state index < -0.39 is 23.8 Å². The Morgan fingerprint density at radius 2 is 1.88 bits per heavy atom. The largest absolute Gasteiger partial charge is 0.495 e. The lowest BCUT2D eigenvalue weighted by molar-refractivity contribution is -0.141. The maximum atomic E-state index is 13.9. The molecule has 1 fully saturated rings. The van der Waals surface area contributed by atoms with Crippen LogP contribution in [0.2, 0.25) is 0 Å². The number of nitrogens with zero attached hydrogens (tertiary/aromatic N) is 5. The third kappa shape index (κ3) is 5.69. The summed E-state index contributed by atoms with van der Waals surface area (Å²) in [6.07, 6.45) is -2.98. The third-order valence-electron chi connectivity index (χ3n) is 7.44. The van der Waals surface area contributed by atoms with Gasteiger partial charge in [0, 0.05) is 48.5 Å². The highest BCUT2D eigenvalue weighted by Crippen LogP contribution is 2.48. The number of fused-ring (bicyclic) bond motifs is 1. The summed E-state index contributed by atoms with van der Waals surface area (Å²) < 4.78 is 57.7. The molecule has 5 rings (SSSR count). The van der Waals surface area contributed by atoms with E-state index in [1.807, 2.05) is 25.1 Å². The maximum absolute atomic E-state index is 13.9. The number of ether oxygens (including phenoxy) is 3. The predicted octanol–water partition coefficient (Wildman–Crippen LogP) is 5.81. The minimum absolute atomic E-state index is 0.00322. The van der Waals surface area contributed by atoms with E-state index >= 15 is 0 Å². The number of aryl methyl sites for hydroxylation is 1. The topological polar surface area (TPSA) is 79.7 Å². The molecule has 4 heterocycles.